The van der Waals surface area contributed by atoms with Gasteiger partial charge in [-0.05, 0) is 36.1 Å². The topological polar surface area (TPSA) is 69.6 Å². The third-order valence-corrected chi connectivity index (χ3v) is 4.59. The van der Waals surface area contributed by atoms with Crippen LogP contribution in [0.4, 0.5) is 0 Å². The van der Waals surface area contributed by atoms with Gasteiger partial charge in [-0.2, -0.15) is 0 Å². The Hall–Kier alpha value is -1.88. The third-order valence-electron chi connectivity index (χ3n) is 4.59. The molecule has 1 amide bonds. The highest BCUT2D eigenvalue weighted by Crippen LogP contribution is 2.27. The third kappa shape index (κ3) is 2.53. The Kier molecular flexibility index (Phi) is 3.68. The average molecular weight is 288 g/mol. The largest absolute Gasteiger partial charge is 0.481 e. The highest BCUT2D eigenvalue weighted by molar-refractivity contribution is 5.96. The van der Waals surface area contributed by atoms with Gasteiger partial charge in [0, 0.05) is 25.2 Å². The van der Waals surface area contributed by atoms with Crippen LogP contribution < -0.4 is 5.32 Å². The number of rotatable bonds is 2. The number of amides is 1. The van der Waals surface area contributed by atoms with Gasteiger partial charge in [-0.15, -0.1) is 0 Å². The smallest absolute Gasteiger partial charge is 0.308 e. The van der Waals surface area contributed by atoms with Crippen molar-refractivity contribution in [3.05, 3.63) is 34.9 Å². The molecule has 1 aromatic carbocycles. The molecule has 0 aromatic heterocycles. The van der Waals surface area contributed by atoms with Crippen molar-refractivity contribution >= 4 is 11.9 Å². The van der Waals surface area contributed by atoms with Crippen LogP contribution in [0.3, 0.4) is 0 Å². The Labute approximate surface area is 123 Å². The van der Waals surface area contributed by atoms with Crippen molar-refractivity contribution in [2.24, 2.45) is 11.8 Å². The molecule has 0 aliphatic carbocycles. The van der Waals surface area contributed by atoms with Gasteiger partial charge >= 0.3 is 5.97 Å². The fourth-order valence-corrected chi connectivity index (χ4v) is 3.36. The van der Waals surface area contributed by atoms with Crippen LogP contribution in [0.1, 0.15) is 28.4 Å². The van der Waals surface area contributed by atoms with Crippen LogP contribution in [0.15, 0.2) is 18.2 Å². The number of carbonyl (C=O) groups is 2. The first-order valence-electron chi connectivity index (χ1n) is 7.41. The lowest BCUT2D eigenvalue weighted by atomic mass is 9.95. The first kappa shape index (κ1) is 14.1. The molecule has 0 bridgehead atoms. The van der Waals surface area contributed by atoms with E-state index < -0.39 is 11.9 Å². The van der Waals surface area contributed by atoms with E-state index in [-0.39, 0.29) is 11.8 Å². The van der Waals surface area contributed by atoms with Crippen LogP contribution >= 0.6 is 0 Å². The molecule has 1 aromatic rings. The lowest BCUT2D eigenvalue weighted by Crippen LogP contribution is -2.32. The summed E-state index contributed by atoms with van der Waals surface area (Å²) in [5.74, 6) is -1.27. The van der Waals surface area contributed by atoms with Crippen molar-refractivity contribution in [3.63, 3.8) is 0 Å². The summed E-state index contributed by atoms with van der Waals surface area (Å²) in [5, 5.41) is 12.5. The average Bonchev–Trinajstić information content (AvgIpc) is 2.88. The minimum atomic E-state index is -0.808. The molecule has 2 aliphatic rings. The molecule has 112 valence electrons. The SMILES string of the molecule is CC1CN(C(=O)c2cccc3c2CCNC3)CC1C(=O)O. The summed E-state index contributed by atoms with van der Waals surface area (Å²) in [5.41, 5.74) is 3.04. The molecule has 0 radical (unpaired) electrons. The van der Waals surface area contributed by atoms with Crippen molar-refractivity contribution < 1.29 is 14.7 Å². The van der Waals surface area contributed by atoms with Crippen molar-refractivity contribution in [2.45, 2.75) is 19.9 Å². The van der Waals surface area contributed by atoms with E-state index in [0.29, 0.717) is 13.1 Å². The van der Waals surface area contributed by atoms with E-state index in [9.17, 15) is 14.7 Å². The van der Waals surface area contributed by atoms with Crippen LogP contribution in [0.25, 0.3) is 0 Å². The number of nitrogens with zero attached hydrogens (tertiary/aromatic N) is 1. The molecule has 2 aliphatic heterocycles. The van der Waals surface area contributed by atoms with Gasteiger partial charge in [-0.3, -0.25) is 9.59 Å². The van der Waals surface area contributed by atoms with E-state index in [2.05, 4.69) is 5.32 Å². The molecule has 2 unspecified atom stereocenters. The van der Waals surface area contributed by atoms with Gasteiger partial charge < -0.3 is 15.3 Å². The molecule has 2 atom stereocenters. The minimum absolute atomic E-state index is 0.00709. The number of carboxylic acid groups (broad SMARTS) is 1. The van der Waals surface area contributed by atoms with E-state index in [0.717, 1.165) is 30.6 Å². The maximum Gasteiger partial charge on any atom is 0.308 e. The maximum absolute atomic E-state index is 12.7. The number of aliphatic carboxylic acids is 1. The highest BCUT2D eigenvalue weighted by atomic mass is 16.4. The van der Waals surface area contributed by atoms with E-state index >= 15 is 0 Å². The lowest BCUT2D eigenvalue weighted by Gasteiger charge is -2.23. The molecule has 0 saturated carbocycles. The number of likely N-dealkylation sites (tertiary alicyclic amines) is 1. The number of carboxylic acids is 1. The molecule has 1 fully saturated rings. The van der Waals surface area contributed by atoms with Gasteiger partial charge in [-0.25, -0.2) is 0 Å². The molecule has 2 heterocycles. The second-order valence-corrected chi connectivity index (χ2v) is 6.00. The van der Waals surface area contributed by atoms with Crippen molar-refractivity contribution in [3.8, 4) is 0 Å². The zero-order valence-corrected chi connectivity index (χ0v) is 12.1. The summed E-state index contributed by atoms with van der Waals surface area (Å²) in [7, 11) is 0. The summed E-state index contributed by atoms with van der Waals surface area (Å²) in [4.78, 5) is 25.6. The van der Waals surface area contributed by atoms with Crippen molar-refractivity contribution in [2.75, 3.05) is 19.6 Å². The Bertz CT molecular complexity index is 585. The van der Waals surface area contributed by atoms with Gasteiger partial charge in [0.05, 0.1) is 5.92 Å². The minimum Gasteiger partial charge on any atom is -0.481 e. The quantitative estimate of drug-likeness (QED) is 0.856. The van der Waals surface area contributed by atoms with Crippen LogP contribution in [-0.2, 0) is 17.8 Å². The van der Waals surface area contributed by atoms with Crippen LogP contribution in [-0.4, -0.2) is 41.5 Å². The Morgan fingerprint density at radius 2 is 2.14 bits per heavy atom. The van der Waals surface area contributed by atoms with Gasteiger partial charge in [0.1, 0.15) is 0 Å². The predicted octanol–water partition coefficient (Wildman–Crippen LogP) is 1.12. The maximum atomic E-state index is 12.7. The predicted molar refractivity (Wildman–Crippen MR) is 78.0 cm³/mol. The Morgan fingerprint density at radius 1 is 1.33 bits per heavy atom. The van der Waals surface area contributed by atoms with Gasteiger partial charge in [0.25, 0.3) is 5.91 Å². The summed E-state index contributed by atoms with van der Waals surface area (Å²) in [6, 6.07) is 5.82. The summed E-state index contributed by atoms with van der Waals surface area (Å²) >= 11 is 0. The monoisotopic (exact) mass is 288 g/mol. The van der Waals surface area contributed by atoms with Crippen LogP contribution in [0, 0.1) is 11.8 Å². The molecule has 0 spiro atoms. The van der Waals surface area contributed by atoms with Crippen molar-refractivity contribution in [1.82, 2.24) is 10.2 Å². The number of carbonyl (C=O) groups excluding carboxylic acids is 1. The number of hydrogen-bond donors (Lipinski definition) is 2. The number of benzene rings is 1. The first-order chi connectivity index (χ1) is 10.1. The van der Waals surface area contributed by atoms with E-state index in [4.69, 9.17) is 0 Å². The summed E-state index contributed by atoms with van der Waals surface area (Å²) < 4.78 is 0. The molecular weight excluding hydrogens is 268 g/mol. The van der Waals surface area contributed by atoms with Crippen LogP contribution in [0.5, 0.6) is 0 Å². The Morgan fingerprint density at radius 3 is 2.86 bits per heavy atom. The number of hydrogen-bond acceptors (Lipinski definition) is 3. The molecule has 1 saturated heterocycles. The standard InChI is InChI=1S/C16H20N2O3/c1-10-8-18(9-14(10)16(20)21)15(19)13-4-2-3-11-7-17-6-5-12(11)13/h2-4,10,14,17H,5-9H2,1H3,(H,20,21). The molecular formula is C16H20N2O3. The van der Waals surface area contributed by atoms with Crippen molar-refractivity contribution in [1.29, 1.82) is 0 Å². The fourth-order valence-electron chi connectivity index (χ4n) is 3.36. The number of nitrogens with one attached hydrogen (secondary N) is 1. The van der Waals surface area contributed by atoms with E-state index in [1.807, 2.05) is 25.1 Å². The lowest BCUT2D eigenvalue weighted by molar-refractivity contribution is -0.142. The normalized spacial score (nSPS) is 24.7. The second kappa shape index (κ2) is 5.48. The second-order valence-electron chi connectivity index (χ2n) is 6.00. The summed E-state index contributed by atoms with van der Waals surface area (Å²) in [6.45, 7) is 4.42. The van der Waals surface area contributed by atoms with E-state index in [1.165, 1.54) is 5.56 Å². The van der Waals surface area contributed by atoms with Crippen LogP contribution in [0.2, 0.25) is 0 Å². The zero-order valence-electron chi connectivity index (χ0n) is 12.1. The van der Waals surface area contributed by atoms with E-state index in [1.54, 1.807) is 4.90 Å². The zero-order chi connectivity index (χ0) is 15.0. The fraction of sp³-hybridized carbons (Fsp3) is 0.500. The Balaban J connectivity index is 1.85. The number of fused-ring (bicyclic) bond motifs is 1. The molecule has 3 rings (SSSR count). The molecule has 5 nitrogen and oxygen atoms in total. The molecule has 5 heteroatoms. The summed E-state index contributed by atoms with van der Waals surface area (Å²) in [6.07, 6.45) is 0.850. The molecule has 2 N–H and O–H groups in total. The van der Waals surface area contributed by atoms with Gasteiger partial charge in [-0.1, -0.05) is 19.1 Å². The van der Waals surface area contributed by atoms with Gasteiger partial charge in [0.2, 0.25) is 0 Å². The first-order valence-corrected chi connectivity index (χ1v) is 7.41. The van der Waals surface area contributed by atoms with Gasteiger partial charge in [0.15, 0.2) is 0 Å². The highest BCUT2D eigenvalue weighted by Gasteiger charge is 2.37. The molecule has 21 heavy (non-hydrogen) atoms.